The molecule has 2 rings (SSSR count). The molecular weight excluding hydrogens is 240 g/mol. The Hall–Kier alpha value is -1.68. The summed E-state index contributed by atoms with van der Waals surface area (Å²) in [4.78, 5) is 23.5. The third kappa shape index (κ3) is 1.74. The van der Waals surface area contributed by atoms with E-state index in [1.54, 1.807) is 24.3 Å². The Morgan fingerprint density at radius 3 is 1.94 bits per heavy atom. The van der Waals surface area contributed by atoms with Gasteiger partial charge in [-0.15, -0.1) is 17.0 Å². The molecule has 1 radical (unpaired) electrons. The second-order valence-electron chi connectivity index (χ2n) is 4.29. The Balaban J connectivity index is 2.47. The third-order valence-corrected chi connectivity index (χ3v) is 2.71. The lowest BCUT2D eigenvalue weighted by Crippen LogP contribution is -2.46. The fourth-order valence-corrected chi connectivity index (χ4v) is 1.73. The average molecular weight is 250 g/mol. The Morgan fingerprint density at radius 2 is 1.59 bits per heavy atom. The Kier molecular flexibility index (Phi) is 2.54. The summed E-state index contributed by atoms with van der Waals surface area (Å²) in [5.41, 5.74) is 0.565. The van der Waals surface area contributed by atoms with Crippen LogP contribution in [0.1, 0.15) is 34.6 Å². The molecule has 1 aliphatic heterocycles. The van der Waals surface area contributed by atoms with Crippen molar-refractivity contribution in [1.82, 2.24) is 10.3 Å². The van der Waals surface area contributed by atoms with Crippen LogP contribution in [0.4, 0.5) is 0 Å². The number of amides is 2. The van der Waals surface area contributed by atoms with Crippen LogP contribution < -0.4 is 5.41 Å². The summed E-state index contributed by atoms with van der Waals surface area (Å²) in [5, 5.41) is 9.87. The van der Waals surface area contributed by atoms with Crippen molar-refractivity contribution in [1.29, 1.82) is 0 Å². The number of fused-ring (bicyclic) bond motifs is 1. The number of carbonyl (C=O) groups excluding carboxylic acids is 2. The van der Waals surface area contributed by atoms with Gasteiger partial charge in [0.15, 0.2) is 5.84 Å². The fourth-order valence-electron chi connectivity index (χ4n) is 1.65. The largest absolute Gasteiger partial charge is 0.268 e. The van der Waals surface area contributed by atoms with Gasteiger partial charge in [0.1, 0.15) is 0 Å². The van der Waals surface area contributed by atoms with Crippen molar-refractivity contribution in [3.8, 4) is 0 Å². The predicted octanol–water partition coefficient (Wildman–Crippen LogP) is 1.50. The normalized spacial score (nSPS) is 15.1. The van der Waals surface area contributed by atoms with Crippen molar-refractivity contribution in [2.45, 2.75) is 18.7 Å². The number of rotatable bonds is 1. The average Bonchev–Trinajstić information content (AvgIpc) is 2.51. The predicted molar refractivity (Wildman–Crippen MR) is 64.0 cm³/mol. The molecule has 1 aromatic rings. The number of nitrogens with zero attached hydrogens (tertiary/aromatic N) is 2. The van der Waals surface area contributed by atoms with Gasteiger partial charge in [-0.25, -0.2) is 4.90 Å². The van der Waals surface area contributed by atoms with Crippen LogP contribution in [0.2, 0.25) is 0 Å². The van der Waals surface area contributed by atoms with E-state index in [0.717, 1.165) is 4.90 Å². The highest BCUT2D eigenvalue weighted by molar-refractivity contribution is 6.40. The molecule has 1 heterocycles. The number of hydrogen-bond donors (Lipinski definition) is 0. The lowest BCUT2D eigenvalue weighted by atomic mass is 10.1. The van der Waals surface area contributed by atoms with E-state index in [-0.39, 0.29) is 11.1 Å². The lowest BCUT2D eigenvalue weighted by molar-refractivity contribution is 0.0744. The molecule has 0 saturated carbocycles. The minimum Gasteiger partial charge on any atom is -0.268 e. The number of amidine groups is 1. The molecule has 0 spiro atoms. The summed E-state index contributed by atoms with van der Waals surface area (Å²) in [7, 11) is 0. The van der Waals surface area contributed by atoms with Gasteiger partial charge < -0.3 is 0 Å². The molecule has 0 aromatic heterocycles. The second-order valence-corrected chi connectivity index (χ2v) is 5.23. The monoisotopic (exact) mass is 249 g/mol. The first kappa shape index (κ1) is 11.8. The standard InChI is InChI=1S/C12H10ClN2O2/c1-12(2,13)11(14)15-9(16)7-5-3-4-6-8(7)10(15)17/h3-6H,1-2H3. The van der Waals surface area contributed by atoms with E-state index in [4.69, 9.17) is 11.6 Å². The van der Waals surface area contributed by atoms with Crippen LogP contribution in [0, 0.1) is 0 Å². The molecule has 0 bridgehead atoms. The maximum atomic E-state index is 12.0. The van der Waals surface area contributed by atoms with E-state index >= 15 is 0 Å². The van der Waals surface area contributed by atoms with Crippen LogP contribution in [0.3, 0.4) is 0 Å². The van der Waals surface area contributed by atoms with Crippen LogP contribution in [-0.2, 0) is 0 Å². The molecule has 0 unspecified atom stereocenters. The number of hydrogen-bond acceptors (Lipinski definition) is 2. The summed E-state index contributed by atoms with van der Waals surface area (Å²) in [6, 6.07) is 6.42. The number of carbonyl (C=O) groups is 2. The maximum absolute atomic E-state index is 12.0. The smallest absolute Gasteiger partial charge is 0.267 e. The number of benzene rings is 1. The zero-order chi connectivity index (χ0) is 12.8. The van der Waals surface area contributed by atoms with Crippen LogP contribution in [0.25, 0.3) is 0 Å². The Morgan fingerprint density at radius 1 is 1.18 bits per heavy atom. The highest BCUT2D eigenvalue weighted by Gasteiger charge is 2.42. The summed E-state index contributed by atoms with van der Waals surface area (Å²) in [5.74, 6) is -1.54. The maximum Gasteiger partial charge on any atom is 0.267 e. The molecule has 4 nitrogen and oxygen atoms in total. The summed E-state index contributed by atoms with van der Waals surface area (Å²) in [6.45, 7) is 3.01. The number of halogens is 1. The van der Waals surface area contributed by atoms with Gasteiger partial charge >= 0.3 is 0 Å². The van der Waals surface area contributed by atoms with E-state index in [1.165, 1.54) is 13.8 Å². The molecule has 1 aromatic carbocycles. The molecule has 87 valence electrons. The molecule has 0 atom stereocenters. The number of imide groups is 1. The molecule has 2 amide bonds. The Bertz CT molecular complexity index is 497. The molecular formula is C12H10ClN2O2. The van der Waals surface area contributed by atoms with E-state index in [2.05, 4.69) is 0 Å². The SMILES string of the molecule is CC(C)(Cl)C(=[N])N1C(=O)c2ccccc2C1=O. The van der Waals surface area contributed by atoms with E-state index < -0.39 is 22.5 Å². The summed E-state index contributed by atoms with van der Waals surface area (Å²) in [6.07, 6.45) is 0. The van der Waals surface area contributed by atoms with Crippen molar-refractivity contribution in [3.63, 3.8) is 0 Å². The first-order valence-electron chi connectivity index (χ1n) is 5.07. The van der Waals surface area contributed by atoms with Gasteiger partial charge in [-0.1, -0.05) is 12.1 Å². The molecule has 5 heteroatoms. The Labute approximate surface area is 104 Å². The highest BCUT2D eigenvalue weighted by Crippen LogP contribution is 2.26. The first-order valence-corrected chi connectivity index (χ1v) is 5.45. The quantitative estimate of drug-likeness (QED) is 0.328. The van der Waals surface area contributed by atoms with Crippen molar-refractivity contribution in [2.75, 3.05) is 0 Å². The fraction of sp³-hybridized carbons (Fsp3) is 0.250. The first-order chi connectivity index (χ1) is 7.84. The number of alkyl halides is 1. The van der Waals surface area contributed by atoms with Crippen molar-refractivity contribution in [3.05, 3.63) is 35.4 Å². The molecule has 0 fully saturated rings. The van der Waals surface area contributed by atoms with Gasteiger partial charge in [0.25, 0.3) is 11.8 Å². The van der Waals surface area contributed by atoms with Crippen LogP contribution in [0.5, 0.6) is 0 Å². The van der Waals surface area contributed by atoms with Crippen LogP contribution in [0.15, 0.2) is 24.3 Å². The van der Waals surface area contributed by atoms with E-state index in [1.807, 2.05) is 0 Å². The third-order valence-electron chi connectivity index (χ3n) is 2.54. The highest BCUT2D eigenvalue weighted by atomic mass is 35.5. The van der Waals surface area contributed by atoms with Crippen LogP contribution in [-0.4, -0.2) is 27.4 Å². The van der Waals surface area contributed by atoms with Gasteiger partial charge in [-0.3, -0.25) is 9.59 Å². The molecule has 17 heavy (non-hydrogen) atoms. The van der Waals surface area contributed by atoms with Crippen molar-refractivity contribution in [2.24, 2.45) is 0 Å². The van der Waals surface area contributed by atoms with Gasteiger partial charge in [0.05, 0.1) is 16.0 Å². The minimum atomic E-state index is -1.17. The molecule has 0 saturated heterocycles. The zero-order valence-corrected chi connectivity index (χ0v) is 10.2. The van der Waals surface area contributed by atoms with E-state index in [9.17, 15) is 15.0 Å². The molecule has 0 aliphatic carbocycles. The minimum absolute atomic E-state index is 0.282. The topological polar surface area (TPSA) is 59.7 Å². The van der Waals surface area contributed by atoms with Crippen molar-refractivity contribution >= 4 is 29.3 Å². The molecule has 0 N–H and O–H groups in total. The van der Waals surface area contributed by atoms with E-state index in [0.29, 0.717) is 0 Å². The van der Waals surface area contributed by atoms with Crippen LogP contribution >= 0.6 is 11.6 Å². The van der Waals surface area contributed by atoms with Gasteiger partial charge in [-0.05, 0) is 26.0 Å². The lowest BCUT2D eigenvalue weighted by Gasteiger charge is -2.22. The molecule has 1 aliphatic rings. The van der Waals surface area contributed by atoms with Gasteiger partial charge in [-0.2, -0.15) is 0 Å². The van der Waals surface area contributed by atoms with Gasteiger partial charge in [0.2, 0.25) is 0 Å². The van der Waals surface area contributed by atoms with Crippen molar-refractivity contribution < 1.29 is 9.59 Å². The summed E-state index contributed by atoms with van der Waals surface area (Å²) >= 11 is 5.90. The zero-order valence-electron chi connectivity index (χ0n) is 9.40. The second kappa shape index (κ2) is 3.67. The van der Waals surface area contributed by atoms with Gasteiger partial charge in [0, 0.05) is 0 Å². The summed E-state index contributed by atoms with van der Waals surface area (Å²) < 4.78 is 0.